The van der Waals surface area contributed by atoms with Crippen molar-refractivity contribution in [2.75, 3.05) is 6.61 Å². The van der Waals surface area contributed by atoms with Gasteiger partial charge in [-0.2, -0.15) is 0 Å². The van der Waals surface area contributed by atoms with Crippen molar-refractivity contribution in [3.63, 3.8) is 0 Å². The van der Waals surface area contributed by atoms with E-state index in [0.29, 0.717) is 11.3 Å². The highest BCUT2D eigenvalue weighted by Gasteiger charge is 2.32. The predicted octanol–water partition coefficient (Wildman–Crippen LogP) is 2.42. The summed E-state index contributed by atoms with van der Waals surface area (Å²) < 4.78 is 5.26. The Labute approximate surface area is 139 Å². The van der Waals surface area contributed by atoms with E-state index in [2.05, 4.69) is 10.6 Å². The highest BCUT2D eigenvalue weighted by atomic mass is 16.6. The molecule has 1 heterocycles. The van der Waals surface area contributed by atoms with Crippen molar-refractivity contribution in [1.82, 2.24) is 10.6 Å². The minimum Gasteiger partial charge on any atom is -0.462 e. The number of nitro benzene ring substituents is 1. The molecule has 1 aliphatic rings. The van der Waals surface area contributed by atoms with Crippen LogP contribution in [0.15, 0.2) is 35.5 Å². The second-order valence-corrected chi connectivity index (χ2v) is 5.91. The molecule has 0 radical (unpaired) electrons. The first-order chi connectivity index (χ1) is 11.3. The molecule has 0 fully saturated rings. The molecule has 0 spiro atoms. The van der Waals surface area contributed by atoms with Gasteiger partial charge in [0.15, 0.2) is 0 Å². The Balaban J connectivity index is 2.39. The molecule has 8 nitrogen and oxygen atoms in total. The molecule has 1 atom stereocenters. The van der Waals surface area contributed by atoms with Gasteiger partial charge in [-0.25, -0.2) is 9.59 Å². The van der Waals surface area contributed by atoms with Crippen LogP contribution < -0.4 is 10.6 Å². The molecule has 2 N–H and O–H groups in total. The summed E-state index contributed by atoms with van der Waals surface area (Å²) in [7, 11) is 0. The fourth-order valence-electron chi connectivity index (χ4n) is 2.35. The van der Waals surface area contributed by atoms with Gasteiger partial charge >= 0.3 is 12.0 Å². The van der Waals surface area contributed by atoms with Crippen molar-refractivity contribution >= 4 is 17.7 Å². The van der Waals surface area contributed by atoms with Gasteiger partial charge in [0.2, 0.25) is 0 Å². The first-order valence-electron chi connectivity index (χ1n) is 7.49. The molecule has 0 bridgehead atoms. The van der Waals surface area contributed by atoms with E-state index in [4.69, 9.17) is 4.74 Å². The first kappa shape index (κ1) is 17.5. The Bertz CT molecular complexity index is 711. The number of esters is 1. The number of allylic oxidation sites excluding steroid dienone is 1. The third-order valence-corrected chi connectivity index (χ3v) is 3.45. The molecular weight excluding hydrogens is 314 g/mol. The third-order valence-electron chi connectivity index (χ3n) is 3.45. The molecule has 8 heteroatoms. The zero-order valence-electron chi connectivity index (χ0n) is 13.7. The molecule has 0 aliphatic carbocycles. The Kier molecular flexibility index (Phi) is 5.18. The number of ether oxygens (including phenoxy) is 1. The normalized spacial score (nSPS) is 17.3. The molecule has 2 amide bonds. The van der Waals surface area contributed by atoms with E-state index in [1.54, 1.807) is 13.0 Å². The van der Waals surface area contributed by atoms with Crippen LogP contribution in [0.5, 0.6) is 0 Å². The van der Waals surface area contributed by atoms with Crippen LogP contribution in [0.1, 0.15) is 32.4 Å². The molecule has 0 aromatic heterocycles. The van der Waals surface area contributed by atoms with Crippen LogP contribution in [-0.2, 0) is 9.53 Å². The average molecular weight is 333 g/mol. The summed E-state index contributed by atoms with van der Waals surface area (Å²) in [4.78, 5) is 34.6. The maximum atomic E-state index is 12.4. The molecule has 1 unspecified atom stereocenters. The maximum Gasteiger partial charge on any atom is 0.338 e. The SMILES string of the molecule is CC1=C(C(=O)OCC(C)C)C(c2cccc([N+](=O)[O-])c2)NC(=O)N1. The van der Waals surface area contributed by atoms with Gasteiger partial charge in [0.05, 0.1) is 23.1 Å². The second-order valence-electron chi connectivity index (χ2n) is 5.91. The Morgan fingerprint density at radius 2 is 2.12 bits per heavy atom. The predicted molar refractivity (Wildman–Crippen MR) is 86.0 cm³/mol. The summed E-state index contributed by atoms with van der Waals surface area (Å²) in [6.45, 7) is 5.65. The molecule has 2 rings (SSSR count). The molecular formula is C16H19N3O5. The molecule has 0 saturated carbocycles. The summed E-state index contributed by atoms with van der Waals surface area (Å²) in [5.41, 5.74) is 0.919. The van der Waals surface area contributed by atoms with Crippen molar-refractivity contribution in [3.05, 3.63) is 51.2 Å². The van der Waals surface area contributed by atoms with Crippen molar-refractivity contribution in [2.45, 2.75) is 26.8 Å². The van der Waals surface area contributed by atoms with Crippen molar-refractivity contribution in [3.8, 4) is 0 Å². The van der Waals surface area contributed by atoms with Gasteiger partial charge in [-0.05, 0) is 18.4 Å². The lowest BCUT2D eigenvalue weighted by molar-refractivity contribution is -0.384. The fourth-order valence-corrected chi connectivity index (χ4v) is 2.35. The van der Waals surface area contributed by atoms with E-state index in [-0.39, 0.29) is 23.8 Å². The van der Waals surface area contributed by atoms with Gasteiger partial charge in [0.1, 0.15) is 0 Å². The van der Waals surface area contributed by atoms with Crippen LogP contribution >= 0.6 is 0 Å². The number of non-ortho nitro benzene ring substituents is 1. The van der Waals surface area contributed by atoms with Crippen LogP contribution in [0.25, 0.3) is 0 Å². The van der Waals surface area contributed by atoms with E-state index >= 15 is 0 Å². The fraction of sp³-hybridized carbons (Fsp3) is 0.375. The number of carbonyl (C=O) groups is 2. The summed E-state index contributed by atoms with van der Waals surface area (Å²) in [6, 6.07) is 4.52. The summed E-state index contributed by atoms with van der Waals surface area (Å²) in [5, 5.41) is 16.1. The number of amides is 2. The number of rotatable bonds is 5. The standard InChI is InChI=1S/C16H19N3O5/c1-9(2)8-24-15(20)13-10(3)17-16(21)18-14(13)11-5-4-6-12(7-11)19(22)23/h4-7,9,14H,8H2,1-3H3,(H2,17,18,21). The number of hydrogen-bond donors (Lipinski definition) is 2. The number of nitrogens with one attached hydrogen (secondary N) is 2. The highest BCUT2D eigenvalue weighted by Crippen LogP contribution is 2.29. The van der Waals surface area contributed by atoms with Crippen LogP contribution in [0.2, 0.25) is 0 Å². The average Bonchev–Trinajstić information content (AvgIpc) is 2.52. The largest absolute Gasteiger partial charge is 0.462 e. The second kappa shape index (κ2) is 7.12. The van der Waals surface area contributed by atoms with Crippen LogP contribution in [0.4, 0.5) is 10.5 Å². The number of nitrogens with zero attached hydrogens (tertiary/aromatic N) is 1. The third kappa shape index (κ3) is 3.89. The summed E-state index contributed by atoms with van der Waals surface area (Å²) in [5.74, 6) is -0.400. The van der Waals surface area contributed by atoms with Crippen molar-refractivity contribution in [2.24, 2.45) is 5.92 Å². The topological polar surface area (TPSA) is 111 Å². The highest BCUT2D eigenvalue weighted by molar-refractivity contribution is 5.95. The Hall–Kier alpha value is -2.90. The molecule has 0 saturated heterocycles. The number of benzene rings is 1. The Morgan fingerprint density at radius 1 is 1.42 bits per heavy atom. The van der Waals surface area contributed by atoms with Crippen LogP contribution in [0, 0.1) is 16.0 Å². The van der Waals surface area contributed by atoms with Gasteiger partial charge in [-0.15, -0.1) is 0 Å². The van der Waals surface area contributed by atoms with E-state index in [1.165, 1.54) is 18.2 Å². The van der Waals surface area contributed by atoms with Gasteiger partial charge in [0.25, 0.3) is 5.69 Å². The van der Waals surface area contributed by atoms with Crippen LogP contribution in [-0.4, -0.2) is 23.5 Å². The zero-order chi connectivity index (χ0) is 17.9. The van der Waals surface area contributed by atoms with Gasteiger partial charge < -0.3 is 15.4 Å². The lowest BCUT2D eigenvalue weighted by Crippen LogP contribution is -2.45. The summed E-state index contributed by atoms with van der Waals surface area (Å²) >= 11 is 0. The number of nitro groups is 1. The van der Waals surface area contributed by atoms with Crippen molar-refractivity contribution in [1.29, 1.82) is 0 Å². The van der Waals surface area contributed by atoms with Gasteiger partial charge in [-0.1, -0.05) is 26.0 Å². The maximum absolute atomic E-state index is 12.4. The number of carbonyl (C=O) groups excluding carboxylic acids is 2. The van der Waals surface area contributed by atoms with Gasteiger partial charge in [0, 0.05) is 17.8 Å². The van der Waals surface area contributed by atoms with E-state index in [9.17, 15) is 19.7 Å². The molecule has 1 aromatic rings. The van der Waals surface area contributed by atoms with E-state index in [0.717, 1.165) is 0 Å². The zero-order valence-corrected chi connectivity index (χ0v) is 13.7. The molecule has 128 valence electrons. The molecule has 1 aromatic carbocycles. The van der Waals surface area contributed by atoms with Crippen molar-refractivity contribution < 1.29 is 19.2 Å². The molecule has 24 heavy (non-hydrogen) atoms. The summed E-state index contributed by atoms with van der Waals surface area (Å²) in [6.07, 6.45) is 0. The quantitative estimate of drug-likeness (QED) is 0.488. The lowest BCUT2D eigenvalue weighted by atomic mass is 9.95. The van der Waals surface area contributed by atoms with Crippen LogP contribution in [0.3, 0.4) is 0 Å². The smallest absolute Gasteiger partial charge is 0.338 e. The van der Waals surface area contributed by atoms with E-state index in [1.807, 2.05) is 13.8 Å². The number of hydrogen-bond acceptors (Lipinski definition) is 5. The monoisotopic (exact) mass is 333 g/mol. The lowest BCUT2D eigenvalue weighted by Gasteiger charge is -2.28. The minimum absolute atomic E-state index is 0.118. The van der Waals surface area contributed by atoms with Gasteiger partial charge in [-0.3, -0.25) is 10.1 Å². The minimum atomic E-state index is -0.807. The van der Waals surface area contributed by atoms with E-state index < -0.39 is 23.0 Å². The Morgan fingerprint density at radius 3 is 2.75 bits per heavy atom. The first-order valence-corrected chi connectivity index (χ1v) is 7.49. The molecule has 1 aliphatic heterocycles. The number of urea groups is 1.